The zero-order valence-electron chi connectivity index (χ0n) is 12.9. The van der Waals surface area contributed by atoms with Gasteiger partial charge in [0, 0.05) is 12.8 Å². The third kappa shape index (κ3) is 3.03. The van der Waals surface area contributed by atoms with Crippen LogP contribution < -0.4 is 9.47 Å². The van der Waals surface area contributed by atoms with Crippen molar-refractivity contribution in [1.29, 1.82) is 0 Å². The van der Waals surface area contributed by atoms with E-state index in [1.807, 2.05) is 30.3 Å². The first kappa shape index (κ1) is 14.6. The number of carbonyl (C=O) groups is 1. The Morgan fingerprint density at radius 3 is 2.79 bits per heavy atom. The summed E-state index contributed by atoms with van der Waals surface area (Å²) < 4.78 is 21.5. The molecule has 0 atom stereocenters. The topological polar surface area (TPSA) is 70.3 Å². The van der Waals surface area contributed by atoms with Crippen molar-refractivity contribution in [2.75, 3.05) is 13.2 Å². The maximum Gasteiger partial charge on any atom is 0.363 e. The summed E-state index contributed by atoms with van der Waals surface area (Å²) in [5.41, 5.74) is 1.09. The van der Waals surface area contributed by atoms with Crippen LogP contribution in [0.1, 0.15) is 17.7 Å². The number of aryl methyl sites for hydroxylation is 1. The van der Waals surface area contributed by atoms with E-state index in [0.29, 0.717) is 43.5 Å². The average molecular weight is 325 g/mol. The zero-order chi connectivity index (χ0) is 16.4. The third-order valence-electron chi connectivity index (χ3n) is 3.70. The van der Waals surface area contributed by atoms with Crippen molar-refractivity contribution in [1.82, 2.24) is 0 Å². The van der Waals surface area contributed by atoms with E-state index in [-0.39, 0.29) is 5.70 Å². The maximum absolute atomic E-state index is 12.0. The molecule has 0 amide bonds. The molecule has 0 saturated heterocycles. The van der Waals surface area contributed by atoms with E-state index in [2.05, 4.69) is 4.99 Å². The van der Waals surface area contributed by atoms with Crippen LogP contribution in [0.15, 0.2) is 51.7 Å². The minimum absolute atomic E-state index is 0.279. The van der Waals surface area contributed by atoms with E-state index in [0.717, 1.165) is 11.3 Å². The molecule has 0 radical (unpaired) electrons. The van der Waals surface area contributed by atoms with Gasteiger partial charge in [0.1, 0.15) is 19.0 Å². The number of ether oxygens (including phenoxy) is 3. The van der Waals surface area contributed by atoms with Crippen LogP contribution in [-0.4, -0.2) is 25.1 Å². The Hall–Kier alpha value is -3.02. The van der Waals surface area contributed by atoms with Gasteiger partial charge in [0.2, 0.25) is 0 Å². The largest absolute Gasteiger partial charge is 0.486 e. The van der Waals surface area contributed by atoms with E-state index in [1.165, 1.54) is 0 Å². The fourth-order valence-corrected chi connectivity index (χ4v) is 2.55. The van der Waals surface area contributed by atoms with Gasteiger partial charge in [0.05, 0.1) is 6.26 Å². The monoisotopic (exact) mass is 325 g/mol. The van der Waals surface area contributed by atoms with Crippen LogP contribution in [0.2, 0.25) is 0 Å². The molecule has 0 bridgehead atoms. The fourth-order valence-electron chi connectivity index (χ4n) is 2.55. The molecule has 4 rings (SSSR count). The van der Waals surface area contributed by atoms with Crippen molar-refractivity contribution in [3.63, 3.8) is 0 Å². The Labute approximate surface area is 138 Å². The van der Waals surface area contributed by atoms with Crippen LogP contribution in [0.25, 0.3) is 6.08 Å². The molecule has 0 spiro atoms. The quantitative estimate of drug-likeness (QED) is 0.638. The van der Waals surface area contributed by atoms with Crippen molar-refractivity contribution in [2.45, 2.75) is 12.8 Å². The van der Waals surface area contributed by atoms with Crippen LogP contribution in [-0.2, 0) is 16.0 Å². The van der Waals surface area contributed by atoms with Crippen molar-refractivity contribution in [3.8, 4) is 11.5 Å². The minimum Gasteiger partial charge on any atom is -0.486 e. The summed E-state index contributed by atoms with van der Waals surface area (Å²) in [5, 5.41) is 0. The maximum atomic E-state index is 12.0. The second kappa shape index (κ2) is 6.23. The van der Waals surface area contributed by atoms with Gasteiger partial charge in [-0.25, -0.2) is 9.79 Å². The molecule has 24 heavy (non-hydrogen) atoms. The first-order chi connectivity index (χ1) is 11.8. The molecular weight excluding hydrogens is 310 g/mol. The van der Waals surface area contributed by atoms with Crippen LogP contribution in [0.5, 0.6) is 11.5 Å². The molecule has 6 nitrogen and oxygen atoms in total. The van der Waals surface area contributed by atoms with Crippen molar-refractivity contribution >= 4 is 17.9 Å². The predicted molar refractivity (Wildman–Crippen MR) is 86.0 cm³/mol. The molecule has 2 aliphatic rings. The summed E-state index contributed by atoms with van der Waals surface area (Å²) in [6, 6.07) is 9.20. The molecule has 122 valence electrons. The fraction of sp³-hybridized carbons (Fsp3) is 0.222. The standard InChI is InChI=1S/C18H15NO5/c20-18-14(19-17(24-18)6-4-13-2-1-7-21-13)10-12-3-5-15-16(11-12)23-9-8-22-15/h1-3,5,7,10-11H,4,6,8-9H2/b14-10+. The molecule has 1 aromatic heterocycles. The number of hydrogen-bond acceptors (Lipinski definition) is 6. The number of fused-ring (bicyclic) bond motifs is 1. The molecule has 0 saturated carbocycles. The van der Waals surface area contributed by atoms with Crippen molar-refractivity contribution < 1.29 is 23.4 Å². The molecule has 0 fully saturated rings. The Kier molecular flexibility index (Phi) is 3.78. The number of hydrogen-bond donors (Lipinski definition) is 0. The van der Waals surface area contributed by atoms with Crippen LogP contribution in [0, 0.1) is 0 Å². The Morgan fingerprint density at radius 2 is 1.96 bits per heavy atom. The molecule has 2 aromatic rings. The van der Waals surface area contributed by atoms with Gasteiger partial charge < -0.3 is 18.6 Å². The SMILES string of the molecule is O=C1OC(CCc2ccco2)=N/C1=C/c1ccc2c(c1)OCCO2. The number of esters is 1. The summed E-state index contributed by atoms with van der Waals surface area (Å²) in [4.78, 5) is 16.2. The van der Waals surface area contributed by atoms with Gasteiger partial charge in [0.15, 0.2) is 23.1 Å². The number of carbonyl (C=O) groups excluding carboxylic acids is 1. The Bertz CT molecular complexity index is 820. The average Bonchev–Trinajstić information content (AvgIpc) is 3.23. The van der Waals surface area contributed by atoms with Crippen molar-refractivity contribution in [3.05, 3.63) is 53.6 Å². The molecular formula is C18H15NO5. The summed E-state index contributed by atoms with van der Waals surface area (Å²) in [6.07, 6.45) is 4.44. The van der Waals surface area contributed by atoms with Gasteiger partial charge in [-0.15, -0.1) is 0 Å². The first-order valence-electron chi connectivity index (χ1n) is 7.71. The Morgan fingerprint density at radius 1 is 1.08 bits per heavy atom. The van der Waals surface area contributed by atoms with Crippen LogP contribution in [0.4, 0.5) is 0 Å². The second-order valence-corrected chi connectivity index (χ2v) is 5.41. The van der Waals surface area contributed by atoms with Gasteiger partial charge >= 0.3 is 5.97 Å². The summed E-state index contributed by atoms with van der Waals surface area (Å²) in [7, 11) is 0. The highest BCUT2D eigenvalue weighted by molar-refractivity contribution is 6.07. The normalized spacial score (nSPS) is 17.8. The summed E-state index contributed by atoms with van der Waals surface area (Å²) in [6.45, 7) is 1.06. The lowest BCUT2D eigenvalue weighted by atomic mass is 10.1. The summed E-state index contributed by atoms with van der Waals surface area (Å²) in [5.74, 6) is 2.17. The van der Waals surface area contributed by atoms with E-state index >= 15 is 0 Å². The van der Waals surface area contributed by atoms with Gasteiger partial charge in [0.25, 0.3) is 0 Å². The number of rotatable bonds is 4. The lowest BCUT2D eigenvalue weighted by Crippen LogP contribution is -2.15. The van der Waals surface area contributed by atoms with Gasteiger partial charge in [-0.05, 0) is 35.9 Å². The van der Waals surface area contributed by atoms with Gasteiger partial charge in [-0.3, -0.25) is 0 Å². The molecule has 3 heterocycles. The number of benzene rings is 1. The third-order valence-corrected chi connectivity index (χ3v) is 3.70. The van der Waals surface area contributed by atoms with Gasteiger partial charge in [-0.2, -0.15) is 0 Å². The highest BCUT2D eigenvalue weighted by Gasteiger charge is 2.23. The van der Waals surface area contributed by atoms with E-state index in [4.69, 9.17) is 18.6 Å². The lowest BCUT2D eigenvalue weighted by Gasteiger charge is -2.18. The predicted octanol–water partition coefficient (Wildman–Crippen LogP) is 2.98. The molecule has 0 aliphatic carbocycles. The highest BCUT2D eigenvalue weighted by atomic mass is 16.6. The number of cyclic esters (lactones) is 1. The Balaban J connectivity index is 1.50. The number of furan rings is 1. The smallest absolute Gasteiger partial charge is 0.363 e. The second-order valence-electron chi connectivity index (χ2n) is 5.41. The number of aliphatic imine (C=N–C) groups is 1. The number of nitrogens with zero attached hydrogens (tertiary/aromatic N) is 1. The van der Waals surface area contributed by atoms with Crippen LogP contribution >= 0.6 is 0 Å². The molecule has 6 heteroatoms. The van der Waals surface area contributed by atoms with E-state index in [9.17, 15) is 4.79 Å². The molecule has 1 aromatic carbocycles. The molecule has 0 unspecified atom stereocenters. The van der Waals surface area contributed by atoms with E-state index < -0.39 is 5.97 Å². The minimum atomic E-state index is -0.445. The first-order valence-corrected chi connectivity index (χ1v) is 7.71. The lowest BCUT2D eigenvalue weighted by molar-refractivity contribution is -0.130. The summed E-state index contributed by atoms with van der Waals surface area (Å²) >= 11 is 0. The van der Waals surface area contributed by atoms with Crippen LogP contribution in [0.3, 0.4) is 0 Å². The highest BCUT2D eigenvalue weighted by Crippen LogP contribution is 2.31. The van der Waals surface area contributed by atoms with Gasteiger partial charge in [-0.1, -0.05) is 6.07 Å². The molecule has 2 aliphatic heterocycles. The van der Waals surface area contributed by atoms with E-state index in [1.54, 1.807) is 12.3 Å². The molecule has 0 N–H and O–H groups in total. The van der Waals surface area contributed by atoms with Crippen molar-refractivity contribution in [2.24, 2.45) is 4.99 Å². The zero-order valence-corrected chi connectivity index (χ0v) is 12.9.